The number of nitrogens with one attached hydrogen (secondary N) is 1. The summed E-state index contributed by atoms with van der Waals surface area (Å²) in [6.45, 7) is 6.52. The second-order valence-electron chi connectivity index (χ2n) is 6.72. The van der Waals surface area contributed by atoms with Crippen molar-refractivity contribution in [2.75, 3.05) is 26.2 Å². The van der Waals surface area contributed by atoms with Gasteiger partial charge in [0, 0.05) is 26.2 Å². The molecule has 2 amide bonds. The molecule has 1 aromatic carbocycles. The Kier molecular flexibility index (Phi) is 6.86. The summed E-state index contributed by atoms with van der Waals surface area (Å²) >= 11 is 0. The fourth-order valence-electron chi connectivity index (χ4n) is 2.76. The average Bonchev–Trinajstić information content (AvgIpc) is 2.60. The van der Waals surface area contributed by atoms with Crippen LogP contribution in [0.15, 0.2) is 36.5 Å². The third-order valence-corrected chi connectivity index (χ3v) is 4.18. The SMILES string of the molecule is CC(C)CC(NC(=O)N1CCN(C=Cc2ccccc2)CC1)C(=O)O. The number of urea groups is 1. The molecule has 0 radical (unpaired) electrons. The minimum absolute atomic E-state index is 0.210. The first kappa shape index (κ1) is 18.8. The van der Waals surface area contributed by atoms with E-state index in [1.54, 1.807) is 4.90 Å². The van der Waals surface area contributed by atoms with E-state index in [0.717, 1.165) is 18.7 Å². The van der Waals surface area contributed by atoms with Gasteiger partial charge in [-0.25, -0.2) is 9.59 Å². The number of piperazine rings is 1. The Morgan fingerprint density at radius 3 is 2.36 bits per heavy atom. The summed E-state index contributed by atoms with van der Waals surface area (Å²) in [5.74, 6) is -0.771. The van der Waals surface area contributed by atoms with Crippen LogP contribution in [-0.2, 0) is 4.79 Å². The Morgan fingerprint density at radius 1 is 1.16 bits per heavy atom. The summed E-state index contributed by atoms with van der Waals surface area (Å²) in [4.78, 5) is 27.4. The van der Waals surface area contributed by atoms with E-state index < -0.39 is 12.0 Å². The lowest BCUT2D eigenvalue weighted by molar-refractivity contribution is -0.139. The van der Waals surface area contributed by atoms with Crippen molar-refractivity contribution in [3.63, 3.8) is 0 Å². The van der Waals surface area contributed by atoms with Crippen LogP contribution in [0.5, 0.6) is 0 Å². The Balaban J connectivity index is 1.81. The molecule has 25 heavy (non-hydrogen) atoms. The molecule has 1 aliphatic heterocycles. The molecule has 0 spiro atoms. The molecule has 1 fully saturated rings. The van der Waals surface area contributed by atoms with Crippen molar-refractivity contribution in [2.24, 2.45) is 5.92 Å². The van der Waals surface area contributed by atoms with Crippen molar-refractivity contribution >= 4 is 18.1 Å². The molecule has 2 N–H and O–H groups in total. The minimum atomic E-state index is -0.980. The largest absolute Gasteiger partial charge is 0.480 e. The highest BCUT2D eigenvalue weighted by Gasteiger charge is 2.25. The summed E-state index contributed by atoms with van der Waals surface area (Å²) in [7, 11) is 0. The Bertz CT molecular complexity index is 593. The standard InChI is InChI=1S/C19H27N3O3/c1-15(2)14-17(18(23)24)20-19(25)22-12-10-21(11-13-22)9-8-16-6-4-3-5-7-16/h3-9,15,17H,10-14H2,1-2H3,(H,20,25)(H,23,24). The first-order valence-corrected chi connectivity index (χ1v) is 8.71. The van der Waals surface area contributed by atoms with Crippen LogP contribution in [0.1, 0.15) is 25.8 Å². The minimum Gasteiger partial charge on any atom is -0.480 e. The first-order valence-electron chi connectivity index (χ1n) is 8.71. The van der Waals surface area contributed by atoms with Gasteiger partial charge in [-0.1, -0.05) is 44.2 Å². The predicted molar refractivity (Wildman–Crippen MR) is 98.0 cm³/mol. The van der Waals surface area contributed by atoms with E-state index in [1.165, 1.54) is 0 Å². The molecule has 1 aromatic rings. The van der Waals surface area contributed by atoms with Crippen LogP contribution in [0, 0.1) is 5.92 Å². The monoisotopic (exact) mass is 345 g/mol. The maximum Gasteiger partial charge on any atom is 0.326 e. The fourth-order valence-corrected chi connectivity index (χ4v) is 2.76. The molecule has 1 heterocycles. The topological polar surface area (TPSA) is 72.9 Å². The van der Waals surface area contributed by atoms with E-state index in [1.807, 2.05) is 50.4 Å². The van der Waals surface area contributed by atoms with Gasteiger partial charge >= 0.3 is 12.0 Å². The van der Waals surface area contributed by atoms with Crippen molar-refractivity contribution in [3.8, 4) is 0 Å². The number of nitrogens with zero attached hydrogens (tertiary/aromatic N) is 2. The molecule has 6 nitrogen and oxygen atoms in total. The van der Waals surface area contributed by atoms with Crippen LogP contribution in [0.3, 0.4) is 0 Å². The zero-order chi connectivity index (χ0) is 18.2. The summed E-state index contributed by atoms with van der Waals surface area (Å²) < 4.78 is 0. The molecule has 0 bridgehead atoms. The van der Waals surface area contributed by atoms with Gasteiger partial charge in [-0.3, -0.25) is 0 Å². The summed E-state index contributed by atoms with van der Waals surface area (Å²) in [5, 5.41) is 11.9. The maximum atomic E-state index is 12.3. The number of carboxylic acid groups (broad SMARTS) is 1. The third-order valence-electron chi connectivity index (χ3n) is 4.18. The summed E-state index contributed by atoms with van der Waals surface area (Å²) in [5.41, 5.74) is 1.14. The number of carboxylic acids is 1. The molecular weight excluding hydrogens is 318 g/mol. The Morgan fingerprint density at radius 2 is 1.80 bits per heavy atom. The first-order chi connectivity index (χ1) is 12.0. The number of hydrogen-bond donors (Lipinski definition) is 2. The lowest BCUT2D eigenvalue weighted by Gasteiger charge is -2.34. The van der Waals surface area contributed by atoms with E-state index in [4.69, 9.17) is 0 Å². The summed E-state index contributed by atoms with van der Waals surface area (Å²) in [6, 6.07) is 8.94. The van der Waals surface area contributed by atoms with E-state index >= 15 is 0 Å². The van der Waals surface area contributed by atoms with Crippen molar-refractivity contribution in [1.29, 1.82) is 0 Å². The van der Waals surface area contributed by atoms with Crippen molar-refractivity contribution in [1.82, 2.24) is 15.1 Å². The van der Waals surface area contributed by atoms with E-state index in [0.29, 0.717) is 19.5 Å². The molecule has 1 atom stereocenters. The van der Waals surface area contributed by atoms with Crippen molar-refractivity contribution in [2.45, 2.75) is 26.3 Å². The molecule has 136 valence electrons. The lowest BCUT2D eigenvalue weighted by atomic mass is 10.0. The smallest absolute Gasteiger partial charge is 0.326 e. The second-order valence-corrected chi connectivity index (χ2v) is 6.72. The van der Waals surface area contributed by atoms with Gasteiger partial charge in [0.15, 0.2) is 0 Å². The Hall–Kier alpha value is -2.50. The van der Waals surface area contributed by atoms with Gasteiger partial charge in [-0.2, -0.15) is 0 Å². The van der Waals surface area contributed by atoms with Crippen LogP contribution in [0.25, 0.3) is 6.08 Å². The zero-order valence-electron chi connectivity index (χ0n) is 14.9. The number of carbonyl (C=O) groups is 2. The van der Waals surface area contributed by atoms with E-state index in [9.17, 15) is 14.7 Å². The number of benzene rings is 1. The van der Waals surface area contributed by atoms with Gasteiger partial charge < -0.3 is 20.2 Å². The van der Waals surface area contributed by atoms with Crippen LogP contribution in [0.2, 0.25) is 0 Å². The van der Waals surface area contributed by atoms with Crippen LogP contribution in [-0.4, -0.2) is 59.1 Å². The van der Waals surface area contributed by atoms with Gasteiger partial charge in [-0.05, 0) is 30.2 Å². The number of carbonyl (C=O) groups excluding carboxylic acids is 1. The number of aliphatic carboxylic acids is 1. The van der Waals surface area contributed by atoms with E-state index in [2.05, 4.69) is 16.3 Å². The number of amides is 2. The van der Waals surface area contributed by atoms with Gasteiger partial charge in [0.25, 0.3) is 0 Å². The molecule has 0 aliphatic carbocycles. The van der Waals surface area contributed by atoms with Gasteiger partial charge in [0.1, 0.15) is 6.04 Å². The molecule has 6 heteroatoms. The van der Waals surface area contributed by atoms with Crippen molar-refractivity contribution in [3.05, 3.63) is 42.1 Å². The highest BCUT2D eigenvalue weighted by Crippen LogP contribution is 2.09. The highest BCUT2D eigenvalue weighted by molar-refractivity contribution is 5.82. The fraction of sp³-hybridized carbons (Fsp3) is 0.474. The lowest BCUT2D eigenvalue weighted by Crippen LogP contribution is -2.53. The predicted octanol–water partition coefficient (Wildman–Crippen LogP) is 2.48. The van der Waals surface area contributed by atoms with Crippen LogP contribution >= 0.6 is 0 Å². The molecule has 0 saturated carbocycles. The maximum absolute atomic E-state index is 12.3. The van der Waals surface area contributed by atoms with Crippen molar-refractivity contribution < 1.29 is 14.7 Å². The van der Waals surface area contributed by atoms with Gasteiger partial charge in [0.2, 0.25) is 0 Å². The highest BCUT2D eigenvalue weighted by atomic mass is 16.4. The number of hydrogen-bond acceptors (Lipinski definition) is 3. The molecular formula is C19H27N3O3. The normalized spacial score (nSPS) is 16.3. The molecule has 2 rings (SSSR count). The molecule has 1 unspecified atom stereocenters. The molecule has 1 saturated heterocycles. The van der Waals surface area contributed by atoms with Crippen LogP contribution in [0.4, 0.5) is 4.79 Å². The Labute approximate surface area is 149 Å². The summed E-state index contributed by atoms with van der Waals surface area (Å²) in [6.07, 6.45) is 4.53. The number of rotatable bonds is 6. The third kappa shape index (κ3) is 6.14. The second kappa shape index (κ2) is 9.11. The van der Waals surface area contributed by atoms with Gasteiger partial charge in [-0.15, -0.1) is 0 Å². The molecule has 1 aliphatic rings. The van der Waals surface area contributed by atoms with E-state index in [-0.39, 0.29) is 11.9 Å². The zero-order valence-corrected chi connectivity index (χ0v) is 14.9. The van der Waals surface area contributed by atoms with Gasteiger partial charge in [0.05, 0.1) is 0 Å². The average molecular weight is 345 g/mol. The molecule has 0 aromatic heterocycles. The van der Waals surface area contributed by atoms with Crippen LogP contribution < -0.4 is 5.32 Å². The quantitative estimate of drug-likeness (QED) is 0.831.